The molecule has 0 aromatic carbocycles. The summed E-state index contributed by atoms with van der Waals surface area (Å²) in [6.07, 6.45) is 2.48. The van der Waals surface area contributed by atoms with Gasteiger partial charge in [0.15, 0.2) is 0 Å². The molecule has 0 saturated carbocycles. The standard InChI is InChI=1S/C10H15F2N5O.2ClH/c1-7(3-17-6-13-5-15-17)16-9(18)8-2-10(11,12)4-14-8;;/h5-8,14H,2-4H2,1H3,(H,16,18);2*1H. The number of aromatic nitrogens is 3. The molecule has 1 aliphatic heterocycles. The van der Waals surface area contributed by atoms with E-state index in [-0.39, 0.29) is 30.9 Å². The third-order valence-electron chi connectivity index (χ3n) is 2.74. The molecule has 1 saturated heterocycles. The minimum absolute atomic E-state index is 0. The van der Waals surface area contributed by atoms with Gasteiger partial charge in [-0.25, -0.2) is 13.8 Å². The summed E-state index contributed by atoms with van der Waals surface area (Å²) in [5, 5.41) is 9.09. The first-order chi connectivity index (χ1) is 8.46. The van der Waals surface area contributed by atoms with Crippen LogP contribution < -0.4 is 10.6 Å². The van der Waals surface area contributed by atoms with E-state index in [0.29, 0.717) is 6.54 Å². The van der Waals surface area contributed by atoms with Crippen molar-refractivity contribution < 1.29 is 13.6 Å². The molecule has 1 aromatic rings. The number of carbonyl (C=O) groups is 1. The van der Waals surface area contributed by atoms with Gasteiger partial charge in [-0.3, -0.25) is 14.8 Å². The molecule has 116 valence electrons. The van der Waals surface area contributed by atoms with Crippen LogP contribution in [0.3, 0.4) is 0 Å². The summed E-state index contributed by atoms with van der Waals surface area (Å²) >= 11 is 0. The zero-order valence-electron chi connectivity index (χ0n) is 10.8. The number of nitrogens with one attached hydrogen (secondary N) is 2. The zero-order valence-corrected chi connectivity index (χ0v) is 12.4. The second-order valence-corrected chi connectivity index (χ2v) is 4.52. The molecule has 2 atom stereocenters. The Morgan fingerprint density at radius 3 is 2.80 bits per heavy atom. The van der Waals surface area contributed by atoms with E-state index in [1.54, 1.807) is 11.6 Å². The lowest BCUT2D eigenvalue weighted by molar-refractivity contribution is -0.124. The van der Waals surface area contributed by atoms with Gasteiger partial charge in [-0.2, -0.15) is 5.10 Å². The molecule has 0 aliphatic carbocycles. The minimum atomic E-state index is -2.79. The molecule has 2 N–H and O–H groups in total. The molecule has 10 heteroatoms. The average Bonchev–Trinajstić information content (AvgIpc) is 2.87. The van der Waals surface area contributed by atoms with E-state index in [2.05, 4.69) is 20.7 Å². The zero-order chi connectivity index (χ0) is 13.2. The highest BCUT2D eigenvalue weighted by Gasteiger charge is 2.42. The van der Waals surface area contributed by atoms with E-state index in [9.17, 15) is 13.6 Å². The number of rotatable bonds is 4. The maximum absolute atomic E-state index is 12.9. The number of hydrogen-bond acceptors (Lipinski definition) is 4. The summed E-state index contributed by atoms with van der Waals surface area (Å²) in [7, 11) is 0. The molecule has 0 bridgehead atoms. The van der Waals surface area contributed by atoms with Crippen molar-refractivity contribution in [2.24, 2.45) is 0 Å². The Balaban J connectivity index is 0.00000180. The first kappa shape index (κ1) is 19.0. The van der Waals surface area contributed by atoms with Gasteiger partial charge >= 0.3 is 0 Å². The van der Waals surface area contributed by atoms with Crippen LogP contribution in [0, 0.1) is 0 Å². The van der Waals surface area contributed by atoms with Crippen molar-refractivity contribution in [2.45, 2.75) is 37.9 Å². The summed E-state index contributed by atoms with van der Waals surface area (Å²) < 4.78 is 27.4. The predicted octanol–water partition coefficient (Wildman–Crippen LogP) is 0.624. The van der Waals surface area contributed by atoms with E-state index < -0.39 is 30.8 Å². The summed E-state index contributed by atoms with van der Waals surface area (Å²) in [5.41, 5.74) is 0. The largest absolute Gasteiger partial charge is 0.350 e. The molecule has 2 rings (SSSR count). The fourth-order valence-electron chi connectivity index (χ4n) is 1.90. The molecule has 1 aromatic heterocycles. The van der Waals surface area contributed by atoms with Gasteiger partial charge in [0.05, 0.1) is 19.1 Å². The summed E-state index contributed by atoms with van der Waals surface area (Å²) in [4.78, 5) is 15.5. The number of nitrogens with zero attached hydrogens (tertiary/aromatic N) is 3. The number of hydrogen-bond donors (Lipinski definition) is 2. The molecular weight excluding hydrogens is 315 g/mol. The highest BCUT2D eigenvalue weighted by molar-refractivity contribution is 5.85. The van der Waals surface area contributed by atoms with Gasteiger partial charge in [-0.05, 0) is 6.92 Å². The van der Waals surface area contributed by atoms with Crippen LogP contribution in [-0.2, 0) is 11.3 Å². The summed E-state index contributed by atoms with van der Waals surface area (Å²) in [6, 6.07) is -1.02. The van der Waals surface area contributed by atoms with Crippen molar-refractivity contribution in [3.8, 4) is 0 Å². The molecule has 6 nitrogen and oxygen atoms in total. The lowest BCUT2D eigenvalue weighted by Gasteiger charge is -2.16. The Kier molecular flexibility index (Phi) is 7.32. The molecule has 0 spiro atoms. The molecule has 1 amide bonds. The van der Waals surface area contributed by atoms with Gasteiger partial charge in [-0.1, -0.05) is 0 Å². The first-order valence-corrected chi connectivity index (χ1v) is 5.70. The smallest absolute Gasteiger partial charge is 0.262 e. The Morgan fingerprint density at radius 1 is 1.60 bits per heavy atom. The maximum atomic E-state index is 12.9. The Labute approximate surface area is 127 Å². The van der Waals surface area contributed by atoms with Gasteiger partial charge < -0.3 is 5.32 Å². The topological polar surface area (TPSA) is 71.8 Å². The van der Waals surface area contributed by atoms with Gasteiger partial charge in [0.1, 0.15) is 12.7 Å². The van der Waals surface area contributed by atoms with E-state index in [1.807, 2.05) is 0 Å². The third kappa shape index (κ3) is 5.18. The van der Waals surface area contributed by atoms with Crippen LogP contribution in [0.1, 0.15) is 13.3 Å². The SMILES string of the molecule is CC(Cn1cncn1)NC(=O)C1CC(F)(F)CN1.Cl.Cl. The normalized spacial score (nSPS) is 21.4. The lowest BCUT2D eigenvalue weighted by Crippen LogP contribution is -2.45. The van der Waals surface area contributed by atoms with E-state index >= 15 is 0 Å². The lowest BCUT2D eigenvalue weighted by atomic mass is 10.1. The monoisotopic (exact) mass is 331 g/mol. The number of alkyl halides is 2. The van der Waals surface area contributed by atoms with Crippen molar-refractivity contribution in [3.63, 3.8) is 0 Å². The summed E-state index contributed by atoms with van der Waals surface area (Å²) in [6.45, 7) is 1.80. The van der Waals surface area contributed by atoms with Crippen molar-refractivity contribution in [1.82, 2.24) is 25.4 Å². The van der Waals surface area contributed by atoms with Crippen LogP contribution in [0.4, 0.5) is 8.78 Å². The molecular formula is C10H17Cl2F2N5O. The van der Waals surface area contributed by atoms with Crippen molar-refractivity contribution >= 4 is 30.7 Å². The second-order valence-electron chi connectivity index (χ2n) is 4.52. The van der Waals surface area contributed by atoms with Crippen LogP contribution >= 0.6 is 24.8 Å². The quantitative estimate of drug-likeness (QED) is 0.848. The fraction of sp³-hybridized carbons (Fsp3) is 0.700. The number of halogens is 4. The van der Waals surface area contributed by atoms with Crippen molar-refractivity contribution in [3.05, 3.63) is 12.7 Å². The molecule has 1 fully saturated rings. The average molecular weight is 332 g/mol. The Morgan fingerprint density at radius 2 is 2.30 bits per heavy atom. The molecule has 2 unspecified atom stereocenters. The number of carbonyl (C=O) groups excluding carboxylic acids is 1. The predicted molar refractivity (Wildman–Crippen MR) is 73.5 cm³/mol. The van der Waals surface area contributed by atoms with Crippen LogP contribution in [-0.4, -0.2) is 45.2 Å². The molecule has 20 heavy (non-hydrogen) atoms. The Hall–Kier alpha value is -0.990. The fourth-order valence-corrected chi connectivity index (χ4v) is 1.90. The third-order valence-corrected chi connectivity index (χ3v) is 2.74. The summed E-state index contributed by atoms with van der Waals surface area (Å²) in [5.74, 6) is -3.20. The van der Waals surface area contributed by atoms with Gasteiger partial charge in [0.25, 0.3) is 5.92 Å². The van der Waals surface area contributed by atoms with E-state index in [0.717, 1.165) is 0 Å². The molecule has 2 heterocycles. The van der Waals surface area contributed by atoms with Crippen LogP contribution in [0.5, 0.6) is 0 Å². The maximum Gasteiger partial charge on any atom is 0.262 e. The first-order valence-electron chi connectivity index (χ1n) is 5.70. The highest BCUT2D eigenvalue weighted by Crippen LogP contribution is 2.25. The molecule has 0 radical (unpaired) electrons. The highest BCUT2D eigenvalue weighted by atomic mass is 35.5. The van der Waals surface area contributed by atoms with E-state index in [4.69, 9.17) is 0 Å². The van der Waals surface area contributed by atoms with Crippen LogP contribution in [0.2, 0.25) is 0 Å². The van der Waals surface area contributed by atoms with Crippen LogP contribution in [0.15, 0.2) is 12.7 Å². The van der Waals surface area contributed by atoms with Crippen molar-refractivity contribution in [2.75, 3.05) is 6.54 Å². The molecule has 1 aliphatic rings. The van der Waals surface area contributed by atoms with Crippen LogP contribution in [0.25, 0.3) is 0 Å². The second kappa shape index (κ2) is 7.70. The number of amides is 1. The van der Waals surface area contributed by atoms with Gasteiger partial charge in [-0.15, -0.1) is 24.8 Å². The van der Waals surface area contributed by atoms with Gasteiger partial charge in [0, 0.05) is 12.5 Å². The van der Waals surface area contributed by atoms with Crippen molar-refractivity contribution in [1.29, 1.82) is 0 Å². The Bertz CT molecular complexity index is 418. The van der Waals surface area contributed by atoms with E-state index in [1.165, 1.54) is 12.7 Å². The minimum Gasteiger partial charge on any atom is -0.350 e. The van der Waals surface area contributed by atoms with Gasteiger partial charge in [0.2, 0.25) is 5.91 Å².